The molecular weight excluding hydrogens is 244 g/mol. The summed E-state index contributed by atoms with van der Waals surface area (Å²) in [6.45, 7) is 4.36. The van der Waals surface area contributed by atoms with Gasteiger partial charge in [0.25, 0.3) is 11.8 Å². The molecule has 0 bridgehead atoms. The van der Waals surface area contributed by atoms with Crippen LogP contribution in [0.5, 0.6) is 0 Å². The molecule has 2 aliphatic rings. The van der Waals surface area contributed by atoms with Crippen molar-refractivity contribution in [3.63, 3.8) is 0 Å². The third-order valence-corrected chi connectivity index (χ3v) is 2.97. The zero-order chi connectivity index (χ0) is 13.8. The SMILES string of the molecule is C=CN1CCCC1=O.O=C1NC(=O)c2ccccc21. The van der Waals surface area contributed by atoms with E-state index >= 15 is 0 Å². The van der Waals surface area contributed by atoms with Crippen LogP contribution in [-0.2, 0) is 4.79 Å². The fraction of sp³-hybridized carbons (Fsp3) is 0.214. The first-order valence-electron chi connectivity index (χ1n) is 6.00. The quantitative estimate of drug-likeness (QED) is 0.773. The van der Waals surface area contributed by atoms with E-state index in [2.05, 4.69) is 11.9 Å². The molecule has 5 heteroatoms. The maximum atomic E-state index is 10.9. The number of likely N-dealkylation sites (tertiary alicyclic amines) is 1. The average molecular weight is 258 g/mol. The molecule has 98 valence electrons. The minimum absolute atomic E-state index is 0.208. The van der Waals surface area contributed by atoms with Gasteiger partial charge in [-0.05, 0) is 24.8 Å². The van der Waals surface area contributed by atoms with Crippen LogP contribution in [0.4, 0.5) is 0 Å². The molecular formula is C14H14N2O3. The number of hydrogen-bond acceptors (Lipinski definition) is 3. The van der Waals surface area contributed by atoms with Crippen LogP contribution in [0.3, 0.4) is 0 Å². The molecule has 2 heterocycles. The van der Waals surface area contributed by atoms with Crippen LogP contribution < -0.4 is 5.32 Å². The van der Waals surface area contributed by atoms with E-state index in [0.29, 0.717) is 17.5 Å². The summed E-state index contributed by atoms with van der Waals surface area (Å²) in [4.78, 5) is 34.2. The van der Waals surface area contributed by atoms with Gasteiger partial charge in [0.15, 0.2) is 0 Å². The first-order valence-corrected chi connectivity index (χ1v) is 6.00. The molecule has 0 spiro atoms. The van der Waals surface area contributed by atoms with Crippen molar-refractivity contribution >= 4 is 17.7 Å². The molecule has 3 rings (SSSR count). The Morgan fingerprint density at radius 3 is 2.05 bits per heavy atom. The molecule has 5 nitrogen and oxygen atoms in total. The monoisotopic (exact) mass is 258 g/mol. The molecule has 0 aromatic heterocycles. The number of benzene rings is 1. The van der Waals surface area contributed by atoms with Gasteiger partial charge in [0.1, 0.15) is 0 Å². The zero-order valence-electron chi connectivity index (χ0n) is 10.4. The van der Waals surface area contributed by atoms with Gasteiger partial charge >= 0.3 is 0 Å². The Balaban J connectivity index is 0.000000148. The Labute approximate surface area is 110 Å². The molecule has 19 heavy (non-hydrogen) atoms. The predicted molar refractivity (Wildman–Crippen MR) is 69.4 cm³/mol. The first kappa shape index (κ1) is 13.0. The number of rotatable bonds is 1. The summed E-state index contributed by atoms with van der Waals surface area (Å²) in [5.41, 5.74) is 0.940. The maximum absolute atomic E-state index is 10.9. The summed E-state index contributed by atoms with van der Waals surface area (Å²) < 4.78 is 0. The summed E-state index contributed by atoms with van der Waals surface area (Å²) >= 11 is 0. The molecule has 0 saturated carbocycles. The molecule has 1 N–H and O–H groups in total. The van der Waals surface area contributed by atoms with E-state index in [1.807, 2.05) is 0 Å². The number of nitrogens with one attached hydrogen (secondary N) is 1. The Morgan fingerprint density at radius 2 is 1.68 bits per heavy atom. The Kier molecular flexibility index (Phi) is 3.75. The van der Waals surface area contributed by atoms with E-state index in [1.165, 1.54) is 0 Å². The summed E-state index contributed by atoms with van der Waals surface area (Å²) in [5, 5.41) is 2.20. The molecule has 1 aromatic rings. The Bertz CT molecular complexity index is 518. The van der Waals surface area contributed by atoms with Crippen LogP contribution in [0.15, 0.2) is 37.0 Å². The van der Waals surface area contributed by atoms with Crippen molar-refractivity contribution in [3.05, 3.63) is 48.2 Å². The van der Waals surface area contributed by atoms with Crippen molar-refractivity contribution in [2.24, 2.45) is 0 Å². The topological polar surface area (TPSA) is 66.5 Å². The number of amides is 3. The van der Waals surface area contributed by atoms with Crippen molar-refractivity contribution in [2.75, 3.05) is 6.54 Å². The summed E-state index contributed by atoms with van der Waals surface area (Å²) in [6.07, 6.45) is 3.28. The minimum atomic E-state index is -0.300. The van der Waals surface area contributed by atoms with E-state index < -0.39 is 0 Å². The summed E-state index contributed by atoms with van der Waals surface area (Å²) in [6, 6.07) is 6.74. The Hall–Kier alpha value is -2.43. The number of carbonyl (C=O) groups excluding carboxylic acids is 3. The van der Waals surface area contributed by atoms with E-state index in [4.69, 9.17) is 0 Å². The second kappa shape index (κ2) is 5.48. The van der Waals surface area contributed by atoms with E-state index in [9.17, 15) is 14.4 Å². The smallest absolute Gasteiger partial charge is 0.258 e. The molecule has 0 radical (unpaired) electrons. The van der Waals surface area contributed by atoms with Crippen LogP contribution in [-0.4, -0.2) is 29.2 Å². The summed E-state index contributed by atoms with van der Waals surface area (Å²) in [5.74, 6) is -0.392. The first-order chi connectivity index (χ1) is 9.13. The van der Waals surface area contributed by atoms with E-state index in [0.717, 1.165) is 13.0 Å². The van der Waals surface area contributed by atoms with Gasteiger partial charge in [-0.15, -0.1) is 0 Å². The van der Waals surface area contributed by atoms with Gasteiger partial charge in [-0.1, -0.05) is 18.7 Å². The van der Waals surface area contributed by atoms with Gasteiger partial charge in [0, 0.05) is 13.0 Å². The largest absolute Gasteiger partial charge is 0.320 e. The van der Waals surface area contributed by atoms with Crippen molar-refractivity contribution in [3.8, 4) is 0 Å². The molecule has 2 aliphatic heterocycles. The second-order valence-corrected chi connectivity index (χ2v) is 4.20. The van der Waals surface area contributed by atoms with Crippen LogP contribution in [0, 0.1) is 0 Å². The average Bonchev–Trinajstić information content (AvgIpc) is 2.96. The molecule has 0 atom stereocenters. The summed E-state index contributed by atoms with van der Waals surface area (Å²) in [7, 11) is 0. The van der Waals surface area contributed by atoms with Gasteiger partial charge in [-0.25, -0.2) is 0 Å². The second-order valence-electron chi connectivity index (χ2n) is 4.20. The highest BCUT2D eigenvalue weighted by Crippen LogP contribution is 2.13. The minimum Gasteiger partial charge on any atom is -0.320 e. The standard InChI is InChI=1S/C8H5NO2.C6H9NO/c10-7-5-3-1-2-4-6(5)8(11)9-7;1-2-7-5-3-4-6(7)8/h1-4H,(H,9,10,11);2H,1,3-5H2. The number of fused-ring (bicyclic) bond motifs is 1. The van der Waals surface area contributed by atoms with Gasteiger partial charge in [0.2, 0.25) is 5.91 Å². The highest BCUT2D eigenvalue weighted by molar-refractivity contribution is 6.21. The van der Waals surface area contributed by atoms with E-state index in [-0.39, 0.29) is 17.7 Å². The highest BCUT2D eigenvalue weighted by atomic mass is 16.2. The third kappa shape index (κ3) is 2.70. The fourth-order valence-corrected chi connectivity index (χ4v) is 1.98. The molecule has 0 unspecified atom stereocenters. The third-order valence-electron chi connectivity index (χ3n) is 2.97. The van der Waals surface area contributed by atoms with Crippen LogP contribution in [0.25, 0.3) is 0 Å². The molecule has 1 saturated heterocycles. The molecule has 1 fully saturated rings. The van der Waals surface area contributed by atoms with Crippen LogP contribution in [0.1, 0.15) is 33.6 Å². The molecule has 3 amide bonds. The predicted octanol–water partition coefficient (Wildman–Crippen LogP) is 1.32. The van der Waals surface area contributed by atoms with Crippen molar-refractivity contribution in [1.29, 1.82) is 0 Å². The number of hydrogen-bond donors (Lipinski definition) is 1. The highest BCUT2D eigenvalue weighted by Gasteiger charge is 2.25. The molecule has 0 aliphatic carbocycles. The van der Waals surface area contributed by atoms with Crippen LogP contribution >= 0.6 is 0 Å². The van der Waals surface area contributed by atoms with Crippen molar-refractivity contribution in [1.82, 2.24) is 10.2 Å². The van der Waals surface area contributed by atoms with E-state index in [1.54, 1.807) is 35.4 Å². The fourth-order valence-electron chi connectivity index (χ4n) is 1.98. The normalized spacial score (nSPS) is 16.6. The number of carbonyl (C=O) groups is 3. The van der Waals surface area contributed by atoms with Crippen molar-refractivity contribution in [2.45, 2.75) is 12.8 Å². The van der Waals surface area contributed by atoms with Gasteiger partial charge in [-0.2, -0.15) is 0 Å². The van der Waals surface area contributed by atoms with Crippen molar-refractivity contribution < 1.29 is 14.4 Å². The number of nitrogens with zero attached hydrogens (tertiary/aromatic N) is 1. The lowest BCUT2D eigenvalue weighted by molar-refractivity contribution is -0.125. The lowest BCUT2D eigenvalue weighted by Gasteiger charge is -2.05. The molecule has 1 aromatic carbocycles. The van der Waals surface area contributed by atoms with Gasteiger partial charge in [0.05, 0.1) is 11.1 Å². The maximum Gasteiger partial charge on any atom is 0.258 e. The zero-order valence-corrected chi connectivity index (χ0v) is 10.4. The van der Waals surface area contributed by atoms with Crippen LogP contribution in [0.2, 0.25) is 0 Å². The van der Waals surface area contributed by atoms with Gasteiger partial charge in [-0.3, -0.25) is 19.7 Å². The lowest BCUT2D eigenvalue weighted by Crippen LogP contribution is -2.19. The Morgan fingerprint density at radius 1 is 1.11 bits per heavy atom. The van der Waals surface area contributed by atoms with Gasteiger partial charge < -0.3 is 4.90 Å². The number of imide groups is 1. The lowest BCUT2D eigenvalue weighted by atomic mass is 10.1.